The molecule has 1 aliphatic heterocycles. The van der Waals surface area contributed by atoms with Gasteiger partial charge < -0.3 is 10.6 Å². The van der Waals surface area contributed by atoms with Gasteiger partial charge in [0.2, 0.25) is 0 Å². The molecule has 1 fully saturated rings. The van der Waals surface area contributed by atoms with E-state index in [-0.39, 0.29) is 17.5 Å². The van der Waals surface area contributed by atoms with Gasteiger partial charge in [-0.25, -0.2) is 0 Å². The number of nitro benzene ring substituents is 1. The summed E-state index contributed by atoms with van der Waals surface area (Å²) in [6.07, 6.45) is -4.05. The molecule has 0 radical (unpaired) electrons. The number of benzene rings is 1. The molecule has 2 atom stereocenters. The maximum atomic E-state index is 12.7. The topological polar surface area (TPSA) is 89.5 Å². The number of carbonyl (C=O) groups is 1. The van der Waals surface area contributed by atoms with Crippen LogP contribution in [0.1, 0.15) is 29.3 Å². The highest BCUT2D eigenvalue weighted by molar-refractivity contribution is 5.98. The van der Waals surface area contributed by atoms with Crippen LogP contribution in [0, 0.1) is 16.0 Å². The number of hydrogen-bond acceptors (Lipinski definition) is 4. The molecule has 9 heteroatoms. The third-order valence-corrected chi connectivity index (χ3v) is 4.01. The molecule has 2 N–H and O–H groups in total. The van der Waals surface area contributed by atoms with Crippen LogP contribution in [-0.2, 0) is 6.18 Å². The van der Waals surface area contributed by atoms with Crippen molar-refractivity contribution < 1.29 is 22.9 Å². The molecule has 23 heavy (non-hydrogen) atoms. The third kappa shape index (κ3) is 3.44. The number of likely N-dealkylation sites (tertiary alicyclic amines) is 1. The van der Waals surface area contributed by atoms with Crippen LogP contribution in [0.4, 0.5) is 18.9 Å². The second-order valence-corrected chi connectivity index (χ2v) is 5.63. The first kappa shape index (κ1) is 17.2. The van der Waals surface area contributed by atoms with Crippen molar-refractivity contribution in [1.82, 2.24) is 4.90 Å². The summed E-state index contributed by atoms with van der Waals surface area (Å²) in [5, 5.41) is 11.1. The number of nitro groups is 1. The van der Waals surface area contributed by atoms with Crippen molar-refractivity contribution in [2.45, 2.75) is 25.6 Å². The highest BCUT2D eigenvalue weighted by Crippen LogP contribution is 2.34. The zero-order valence-electron chi connectivity index (χ0n) is 12.3. The molecule has 0 saturated carbocycles. The Labute approximate surface area is 130 Å². The molecule has 1 heterocycles. The van der Waals surface area contributed by atoms with Gasteiger partial charge >= 0.3 is 6.18 Å². The molecule has 0 spiro atoms. The van der Waals surface area contributed by atoms with E-state index in [2.05, 4.69) is 0 Å². The fourth-order valence-corrected chi connectivity index (χ4v) is 2.79. The van der Waals surface area contributed by atoms with Gasteiger partial charge in [-0.3, -0.25) is 14.9 Å². The zero-order chi connectivity index (χ0) is 17.4. The van der Waals surface area contributed by atoms with Gasteiger partial charge in [0.15, 0.2) is 0 Å². The Kier molecular flexibility index (Phi) is 4.60. The molecular formula is C14H16F3N3O3. The van der Waals surface area contributed by atoms with Crippen molar-refractivity contribution in [3.05, 3.63) is 39.4 Å². The summed E-state index contributed by atoms with van der Waals surface area (Å²) >= 11 is 0. The van der Waals surface area contributed by atoms with Gasteiger partial charge in [0.25, 0.3) is 11.6 Å². The molecule has 0 bridgehead atoms. The van der Waals surface area contributed by atoms with E-state index in [0.717, 1.165) is 6.07 Å². The molecule has 1 aliphatic rings. The van der Waals surface area contributed by atoms with Gasteiger partial charge in [0.05, 0.1) is 10.5 Å². The number of hydrogen-bond donors (Lipinski definition) is 1. The fourth-order valence-electron chi connectivity index (χ4n) is 2.79. The summed E-state index contributed by atoms with van der Waals surface area (Å²) in [5.41, 5.74) is 3.23. The first-order valence-corrected chi connectivity index (χ1v) is 7.01. The van der Waals surface area contributed by atoms with Crippen molar-refractivity contribution in [3.63, 3.8) is 0 Å². The van der Waals surface area contributed by atoms with Crippen molar-refractivity contribution in [2.75, 3.05) is 13.1 Å². The predicted octanol–water partition coefficient (Wildman–Crippen LogP) is 2.42. The van der Waals surface area contributed by atoms with Gasteiger partial charge in [-0.05, 0) is 37.9 Å². The van der Waals surface area contributed by atoms with Crippen LogP contribution >= 0.6 is 0 Å². The lowest BCUT2D eigenvalue weighted by atomic mass is 10.1. The summed E-state index contributed by atoms with van der Waals surface area (Å²) < 4.78 is 38.1. The van der Waals surface area contributed by atoms with E-state index in [4.69, 9.17) is 5.73 Å². The molecule has 126 valence electrons. The van der Waals surface area contributed by atoms with Crippen LogP contribution in [0.3, 0.4) is 0 Å². The Hall–Kier alpha value is -2.16. The summed E-state index contributed by atoms with van der Waals surface area (Å²) in [6.45, 7) is 2.50. The zero-order valence-corrected chi connectivity index (χ0v) is 12.3. The smallest absolute Gasteiger partial charge is 0.335 e. The van der Waals surface area contributed by atoms with Crippen molar-refractivity contribution >= 4 is 11.6 Å². The fraction of sp³-hybridized carbons (Fsp3) is 0.500. The minimum absolute atomic E-state index is 0.0856. The van der Waals surface area contributed by atoms with E-state index in [0.29, 0.717) is 31.6 Å². The van der Waals surface area contributed by atoms with E-state index >= 15 is 0 Å². The van der Waals surface area contributed by atoms with Crippen LogP contribution < -0.4 is 5.73 Å². The quantitative estimate of drug-likeness (QED) is 0.680. The lowest BCUT2D eigenvalue weighted by Gasteiger charge is -2.21. The SMILES string of the molecule is CC1CC(CN)CN1C(=O)c1ccc(C(F)(F)F)cc1[N+](=O)[O-]. The lowest BCUT2D eigenvalue weighted by Crippen LogP contribution is -2.34. The Morgan fingerprint density at radius 3 is 2.61 bits per heavy atom. The Morgan fingerprint density at radius 1 is 1.48 bits per heavy atom. The molecule has 0 aliphatic carbocycles. The van der Waals surface area contributed by atoms with Gasteiger partial charge in [-0.15, -0.1) is 0 Å². The molecule has 6 nitrogen and oxygen atoms in total. The van der Waals surface area contributed by atoms with E-state index in [1.54, 1.807) is 6.92 Å². The summed E-state index contributed by atoms with van der Waals surface area (Å²) in [7, 11) is 0. The first-order chi connectivity index (χ1) is 10.6. The number of nitrogens with two attached hydrogens (primary N) is 1. The monoisotopic (exact) mass is 331 g/mol. The Morgan fingerprint density at radius 2 is 2.13 bits per heavy atom. The maximum Gasteiger partial charge on any atom is 0.416 e. The molecule has 1 aromatic carbocycles. The number of carbonyl (C=O) groups excluding carboxylic acids is 1. The predicted molar refractivity (Wildman–Crippen MR) is 75.8 cm³/mol. The normalized spacial score (nSPS) is 21.5. The van der Waals surface area contributed by atoms with E-state index in [1.807, 2.05) is 0 Å². The third-order valence-electron chi connectivity index (χ3n) is 4.01. The van der Waals surface area contributed by atoms with Crippen LogP contribution in [-0.4, -0.2) is 34.9 Å². The van der Waals surface area contributed by atoms with Crippen molar-refractivity contribution in [2.24, 2.45) is 11.7 Å². The molecule has 1 aromatic rings. The van der Waals surface area contributed by atoms with Crippen LogP contribution in [0.25, 0.3) is 0 Å². The maximum absolute atomic E-state index is 12.7. The highest BCUT2D eigenvalue weighted by Gasteiger charge is 2.37. The molecule has 2 rings (SSSR count). The molecular weight excluding hydrogens is 315 g/mol. The number of halogens is 3. The number of alkyl halides is 3. The number of rotatable bonds is 3. The van der Waals surface area contributed by atoms with Gasteiger partial charge in [0.1, 0.15) is 5.56 Å². The molecule has 2 unspecified atom stereocenters. The minimum atomic E-state index is -4.71. The average molecular weight is 331 g/mol. The summed E-state index contributed by atoms with van der Waals surface area (Å²) in [5.74, 6) is -0.559. The second kappa shape index (κ2) is 6.15. The van der Waals surface area contributed by atoms with Gasteiger partial charge in [-0.2, -0.15) is 13.2 Å². The molecule has 1 amide bonds. The van der Waals surface area contributed by atoms with Crippen molar-refractivity contribution in [1.29, 1.82) is 0 Å². The van der Waals surface area contributed by atoms with Crippen LogP contribution in [0.5, 0.6) is 0 Å². The molecule has 1 saturated heterocycles. The summed E-state index contributed by atoms with van der Waals surface area (Å²) in [6, 6.07) is 1.78. The van der Waals surface area contributed by atoms with E-state index in [9.17, 15) is 28.1 Å². The largest absolute Gasteiger partial charge is 0.416 e. The van der Waals surface area contributed by atoms with Crippen LogP contribution in [0.15, 0.2) is 18.2 Å². The lowest BCUT2D eigenvalue weighted by molar-refractivity contribution is -0.385. The van der Waals surface area contributed by atoms with E-state index in [1.165, 1.54) is 4.90 Å². The minimum Gasteiger partial charge on any atom is -0.335 e. The second-order valence-electron chi connectivity index (χ2n) is 5.63. The standard InChI is InChI=1S/C14H16F3N3O3/c1-8-4-9(6-18)7-19(8)13(21)11-3-2-10(14(15,16)17)5-12(11)20(22)23/h2-3,5,8-9H,4,6-7,18H2,1H3. The van der Waals surface area contributed by atoms with E-state index < -0.39 is 28.3 Å². The number of nitrogens with zero attached hydrogens (tertiary/aromatic N) is 2. The van der Waals surface area contributed by atoms with Crippen LogP contribution in [0.2, 0.25) is 0 Å². The van der Waals surface area contributed by atoms with Gasteiger partial charge in [-0.1, -0.05) is 0 Å². The Bertz CT molecular complexity index is 633. The Balaban J connectivity index is 2.39. The average Bonchev–Trinajstić information content (AvgIpc) is 2.86. The molecule has 0 aromatic heterocycles. The van der Waals surface area contributed by atoms with Gasteiger partial charge in [0, 0.05) is 18.7 Å². The highest BCUT2D eigenvalue weighted by atomic mass is 19.4. The first-order valence-electron chi connectivity index (χ1n) is 7.01. The van der Waals surface area contributed by atoms with Crippen molar-refractivity contribution in [3.8, 4) is 0 Å². The number of amides is 1. The summed E-state index contributed by atoms with van der Waals surface area (Å²) in [4.78, 5) is 24.0.